The van der Waals surface area contributed by atoms with Crippen molar-refractivity contribution in [3.05, 3.63) is 63.7 Å². The van der Waals surface area contributed by atoms with E-state index in [9.17, 15) is 9.59 Å². The first-order valence-corrected chi connectivity index (χ1v) is 8.25. The Kier molecular flexibility index (Phi) is 4.44. The summed E-state index contributed by atoms with van der Waals surface area (Å²) in [4.78, 5) is 25.0. The number of amides is 1. The van der Waals surface area contributed by atoms with Gasteiger partial charge in [-0.15, -0.1) is 0 Å². The number of pyridine rings is 1. The molecule has 0 aliphatic heterocycles. The van der Waals surface area contributed by atoms with E-state index in [1.165, 1.54) is 10.1 Å². The summed E-state index contributed by atoms with van der Waals surface area (Å²) in [5.41, 5.74) is 3.31. The van der Waals surface area contributed by atoms with Crippen molar-refractivity contribution in [3.63, 3.8) is 0 Å². The van der Waals surface area contributed by atoms with Crippen molar-refractivity contribution >= 4 is 16.8 Å². The standard InChI is InChI=1S/C19H22N4O2/c1-12-5-7-15(8-6-12)13(2)20-17(24)11-23-10-9-16-14(3)21-22(4)18(16)19(23)25/h5-10,13H,11H2,1-4H3,(H,20,24)/t13-/m0/s1. The van der Waals surface area contributed by atoms with Crippen LogP contribution in [0.4, 0.5) is 0 Å². The highest BCUT2D eigenvalue weighted by Gasteiger charge is 2.14. The van der Waals surface area contributed by atoms with Gasteiger partial charge in [-0.25, -0.2) is 0 Å². The summed E-state index contributed by atoms with van der Waals surface area (Å²) in [6.45, 7) is 5.80. The number of fused-ring (bicyclic) bond motifs is 1. The van der Waals surface area contributed by atoms with E-state index in [4.69, 9.17) is 0 Å². The lowest BCUT2D eigenvalue weighted by Gasteiger charge is -2.15. The third kappa shape index (κ3) is 3.33. The van der Waals surface area contributed by atoms with Crippen LogP contribution in [0.5, 0.6) is 0 Å². The fourth-order valence-electron chi connectivity index (χ4n) is 3.00. The predicted octanol–water partition coefficient (Wildman–Crippen LogP) is 2.23. The van der Waals surface area contributed by atoms with Crippen LogP contribution in [-0.4, -0.2) is 20.3 Å². The van der Waals surface area contributed by atoms with Crippen molar-refractivity contribution < 1.29 is 4.79 Å². The topological polar surface area (TPSA) is 68.9 Å². The Morgan fingerprint density at radius 2 is 1.88 bits per heavy atom. The molecule has 1 atom stereocenters. The zero-order valence-electron chi connectivity index (χ0n) is 14.9. The van der Waals surface area contributed by atoms with Crippen molar-refractivity contribution in [1.29, 1.82) is 0 Å². The van der Waals surface area contributed by atoms with Crippen LogP contribution in [0.1, 0.15) is 29.8 Å². The quantitative estimate of drug-likeness (QED) is 0.793. The van der Waals surface area contributed by atoms with Crippen molar-refractivity contribution in [3.8, 4) is 0 Å². The van der Waals surface area contributed by atoms with Crippen molar-refractivity contribution in [1.82, 2.24) is 19.7 Å². The third-order valence-corrected chi connectivity index (χ3v) is 4.42. The maximum atomic E-state index is 12.6. The number of hydrogen-bond acceptors (Lipinski definition) is 3. The Balaban J connectivity index is 1.78. The van der Waals surface area contributed by atoms with Crippen LogP contribution < -0.4 is 10.9 Å². The van der Waals surface area contributed by atoms with Gasteiger partial charge in [-0.2, -0.15) is 5.10 Å². The lowest BCUT2D eigenvalue weighted by molar-refractivity contribution is -0.122. The van der Waals surface area contributed by atoms with Gasteiger partial charge in [0.25, 0.3) is 5.56 Å². The van der Waals surface area contributed by atoms with E-state index in [2.05, 4.69) is 10.4 Å². The molecule has 0 saturated carbocycles. The highest BCUT2D eigenvalue weighted by atomic mass is 16.2. The molecule has 3 rings (SSSR count). The summed E-state index contributed by atoms with van der Waals surface area (Å²) in [5.74, 6) is -0.201. The Bertz CT molecular complexity index is 983. The fourth-order valence-corrected chi connectivity index (χ4v) is 3.00. The van der Waals surface area contributed by atoms with Crippen molar-refractivity contribution in [2.24, 2.45) is 7.05 Å². The highest BCUT2D eigenvalue weighted by molar-refractivity contribution is 5.81. The molecule has 1 aromatic carbocycles. The van der Waals surface area contributed by atoms with Crippen LogP contribution in [0.3, 0.4) is 0 Å². The van der Waals surface area contributed by atoms with Crippen LogP contribution in [-0.2, 0) is 18.4 Å². The molecule has 0 aliphatic rings. The van der Waals surface area contributed by atoms with Crippen molar-refractivity contribution in [2.75, 3.05) is 0 Å². The smallest absolute Gasteiger partial charge is 0.277 e. The molecule has 0 aliphatic carbocycles. The molecule has 0 saturated heterocycles. The zero-order valence-corrected chi connectivity index (χ0v) is 14.9. The number of carbonyl (C=O) groups excluding carboxylic acids is 1. The average Bonchev–Trinajstić information content (AvgIpc) is 2.85. The van der Waals surface area contributed by atoms with Gasteiger partial charge < -0.3 is 9.88 Å². The summed E-state index contributed by atoms with van der Waals surface area (Å²) in [6.07, 6.45) is 1.65. The Morgan fingerprint density at radius 1 is 1.20 bits per heavy atom. The number of nitrogens with zero attached hydrogens (tertiary/aromatic N) is 3. The highest BCUT2D eigenvalue weighted by Crippen LogP contribution is 2.14. The SMILES string of the molecule is Cc1ccc([C@H](C)NC(=O)Cn2ccc3c(C)nn(C)c3c2=O)cc1. The second kappa shape index (κ2) is 6.55. The van der Waals surface area contributed by atoms with Crippen LogP contribution >= 0.6 is 0 Å². The van der Waals surface area contributed by atoms with Gasteiger partial charge in [0.05, 0.1) is 11.7 Å². The minimum Gasteiger partial charge on any atom is -0.348 e. The van der Waals surface area contributed by atoms with Gasteiger partial charge in [0.2, 0.25) is 5.91 Å². The minimum atomic E-state index is -0.210. The van der Waals surface area contributed by atoms with Gasteiger partial charge in [0, 0.05) is 18.6 Å². The van der Waals surface area contributed by atoms with E-state index in [1.54, 1.807) is 17.9 Å². The first kappa shape index (κ1) is 17.0. The maximum absolute atomic E-state index is 12.6. The minimum absolute atomic E-state index is 0.0186. The molecule has 0 spiro atoms. The Morgan fingerprint density at radius 3 is 2.56 bits per heavy atom. The van der Waals surface area contributed by atoms with E-state index < -0.39 is 0 Å². The van der Waals surface area contributed by atoms with E-state index in [1.807, 2.05) is 51.1 Å². The zero-order chi connectivity index (χ0) is 18.1. The Labute approximate surface area is 146 Å². The average molecular weight is 338 g/mol. The molecule has 0 bridgehead atoms. The van der Waals surface area contributed by atoms with E-state index >= 15 is 0 Å². The molecule has 1 amide bonds. The number of aryl methyl sites for hydroxylation is 3. The van der Waals surface area contributed by atoms with Crippen LogP contribution in [0.2, 0.25) is 0 Å². The number of hydrogen-bond donors (Lipinski definition) is 1. The number of rotatable bonds is 4. The second-order valence-corrected chi connectivity index (χ2v) is 6.42. The van der Waals surface area contributed by atoms with E-state index in [0.29, 0.717) is 5.52 Å². The summed E-state index contributed by atoms with van der Waals surface area (Å²) in [6, 6.07) is 9.73. The lowest BCUT2D eigenvalue weighted by Crippen LogP contribution is -2.34. The van der Waals surface area contributed by atoms with Crippen LogP contribution in [0.25, 0.3) is 10.9 Å². The van der Waals surface area contributed by atoms with Crippen LogP contribution in [0, 0.1) is 13.8 Å². The van der Waals surface area contributed by atoms with Gasteiger partial charge in [0.15, 0.2) is 0 Å². The molecular formula is C19H22N4O2. The maximum Gasteiger partial charge on any atom is 0.277 e. The summed E-state index contributed by atoms with van der Waals surface area (Å²) in [7, 11) is 1.74. The predicted molar refractivity (Wildman–Crippen MR) is 97.4 cm³/mol. The van der Waals surface area contributed by atoms with E-state index in [0.717, 1.165) is 16.6 Å². The normalized spacial score (nSPS) is 12.3. The molecule has 1 N–H and O–H groups in total. The molecule has 2 aromatic heterocycles. The molecule has 0 unspecified atom stereocenters. The molecule has 0 radical (unpaired) electrons. The lowest BCUT2D eigenvalue weighted by atomic mass is 10.1. The third-order valence-electron chi connectivity index (χ3n) is 4.42. The summed E-state index contributed by atoms with van der Waals surface area (Å²) >= 11 is 0. The van der Waals surface area contributed by atoms with Crippen LogP contribution in [0.15, 0.2) is 41.3 Å². The molecule has 130 valence electrons. The summed E-state index contributed by atoms with van der Waals surface area (Å²) in [5, 5.41) is 8.02. The Hall–Kier alpha value is -2.89. The molecule has 6 heteroatoms. The molecule has 0 fully saturated rings. The number of benzene rings is 1. The number of carbonyl (C=O) groups is 1. The fraction of sp³-hybridized carbons (Fsp3) is 0.316. The second-order valence-electron chi connectivity index (χ2n) is 6.42. The number of aromatic nitrogens is 3. The van der Waals surface area contributed by atoms with Gasteiger partial charge in [-0.1, -0.05) is 29.8 Å². The van der Waals surface area contributed by atoms with E-state index in [-0.39, 0.29) is 24.1 Å². The molecule has 3 aromatic rings. The van der Waals surface area contributed by atoms with Gasteiger partial charge >= 0.3 is 0 Å². The monoisotopic (exact) mass is 338 g/mol. The summed E-state index contributed by atoms with van der Waals surface area (Å²) < 4.78 is 2.98. The first-order valence-electron chi connectivity index (χ1n) is 8.25. The van der Waals surface area contributed by atoms with Gasteiger partial charge in [-0.3, -0.25) is 14.3 Å². The molecule has 6 nitrogen and oxygen atoms in total. The van der Waals surface area contributed by atoms with Gasteiger partial charge in [-0.05, 0) is 32.4 Å². The molecule has 25 heavy (non-hydrogen) atoms. The van der Waals surface area contributed by atoms with Crippen molar-refractivity contribution in [2.45, 2.75) is 33.4 Å². The molecular weight excluding hydrogens is 316 g/mol. The number of nitrogens with one attached hydrogen (secondary N) is 1. The first-order chi connectivity index (χ1) is 11.9. The molecule has 2 heterocycles. The van der Waals surface area contributed by atoms with Gasteiger partial charge in [0.1, 0.15) is 12.1 Å². The largest absolute Gasteiger partial charge is 0.348 e.